The van der Waals surface area contributed by atoms with Gasteiger partial charge >= 0.3 is 0 Å². The lowest BCUT2D eigenvalue weighted by molar-refractivity contribution is 0.191. The normalized spacial score (nSPS) is 9.10. The van der Waals surface area contributed by atoms with Crippen LogP contribution in [0.3, 0.4) is 0 Å². The summed E-state index contributed by atoms with van der Waals surface area (Å²) in [6, 6.07) is 6.56. The highest BCUT2D eigenvalue weighted by Crippen LogP contribution is 2.14. The largest absolute Gasteiger partial charge is 0.400 e. The van der Waals surface area contributed by atoms with Gasteiger partial charge in [-0.15, -0.1) is 32.9 Å². The first-order valence-corrected chi connectivity index (χ1v) is 11.0. The number of ether oxygens (including phenoxy) is 1. The summed E-state index contributed by atoms with van der Waals surface area (Å²) in [5.41, 5.74) is 4.06. The third-order valence-corrected chi connectivity index (χ3v) is 3.69. The lowest BCUT2D eigenvalue weighted by Crippen LogP contribution is -1.94. The number of allylic oxidation sites excluding steroid dienone is 1. The SMILES string of the molecule is C=C.C=C.C=CC.CCCC(C)CCCCCOC.CO.Cc1cc(C)cc(C)c1. The Morgan fingerprint density at radius 3 is 1.53 bits per heavy atom. The summed E-state index contributed by atoms with van der Waals surface area (Å²) < 4.78 is 5.00. The molecule has 0 radical (unpaired) electrons. The summed E-state index contributed by atoms with van der Waals surface area (Å²) in [5, 5.41) is 7.00. The van der Waals surface area contributed by atoms with E-state index in [-0.39, 0.29) is 0 Å². The average Bonchev–Trinajstić information content (AvgIpc) is 2.73. The van der Waals surface area contributed by atoms with Crippen molar-refractivity contribution in [2.24, 2.45) is 5.92 Å². The molecule has 1 unspecified atom stereocenters. The van der Waals surface area contributed by atoms with E-state index >= 15 is 0 Å². The predicted octanol–water partition coefficient (Wildman–Crippen LogP) is 8.65. The van der Waals surface area contributed by atoms with Gasteiger partial charge in [0.1, 0.15) is 0 Å². The molecule has 2 heteroatoms. The fourth-order valence-electron chi connectivity index (χ4n) is 2.76. The van der Waals surface area contributed by atoms with Crippen LogP contribution < -0.4 is 0 Å². The Kier molecular flexibility index (Phi) is 49.3. The second-order valence-electron chi connectivity index (χ2n) is 6.81. The van der Waals surface area contributed by atoms with Gasteiger partial charge < -0.3 is 9.84 Å². The van der Waals surface area contributed by atoms with Crippen molar-refractivity contribution in [3.05, 3.63) is 73.9 Å². The number of benzene rings is 1. The Hall–Kier alpha value is -1.64. The average molecular weight is 423 g/mol. The third kappa shape index (κ3) is 40.9. The molecule has 0 bridgehead atoms. The second kappa shape index (κ2) is 38.0. The van der Waals surface area contributed by atoms with Gasteiger partial charge in [-0.3, -0.25) is 0 Å². The van der Waals surface area contributed by atoms with Crippen LogP contribution in [0, 0.1) is 26.7 Å². The van der Waals surface area contributed by atoms with Crippen molar-refractivity contribution >= 4 is 0 Å². The number of unbranched alkanes of at least 4 members (excludes halogenated alkanes) is 2. The molecule has 0 amide bonds. The molecule has 1 atom stereocenters. The van der Waals surface area contributed by atoms with E-state index in [1.54, 1.807) is 13.2 Å². The van der Waals surface area contributed by atoms with Crippen LogP contribution in [-0.2, 0) is 4.74 Å². The van der Waals surface area contributed by atoms with Crippen LogP contribution in [-0.4, -0.2) is 25.9 Å². The van der Waals surface area contributed by atoms with Gasteiger partial charge in [0, 0.05) is 20.8 Å². The Bertz CT molecular complexity index is 374. The molecule has 2 nitrogen and oxygen atoms in total. The second-order valence-corrected chi connectivity index (χ2v) is 6.81. The highest BCUT2D eigenvalue weighted by molar-refractivity contribution is 5.27. The summed E-state index contributed by atoms with van der Waals surface area (Å²) in [6.07, 6.45) is 9.82. The topological polar surface area (TPSA) is 29.5 Å². The van der Waals surface area contributed by atoms with Gasteiger partial charge in [0.15, 0.2) is 0 Å². The number of aliphatic hydroxyl groups is 1. The third-order valence-electron chi connectivity index (χ3n) is 3.69. The fraction of sp³-hybridized carbons (Fsp3) is 0.571. The first kappa shape index (κ1) is 38.9. The molecule has 0 spiro atoms. The molecule has 30 heavy (non-hydrogen) atoms. The maximum absolute atomic E-state index is 7.00. The van der Waals surface area contributed by atoms with Crippen LogP contribution in [0.25, 0.3) is 0 Å². The van der Waals surface area contributed by atoms with E-state index in [0.29, 0.717) is 0 Å². The van der Waals surface area contributed by atoms with E-state index in [0.717, 1.165) is 19.6 Å². The lowest BCUT2D eigenvalue weighted by Gasteiger charge is -2.08. The molecule has 178 valence electrons. The van der Waals surface area contributed by atoms with E-state index in [4.69, 9.17) is 9.84 Å². The van der Waals surface area contributed by atoms with Gasteiger partial charge in [-0.2, -0.15) is 0 Å². The molecule has 0 aliphatic carbocycles. The molecule has 1 rings (SSSR count). The maximum atomic E-state index is 7.00. The highest BCUT2D eigenvalue weighted by atomic mass is 16.5. The number of methoxy groups -OCH3 is 1. The maximum Gasteiger partial charge on any atom is 0.0462 e. The number of hydrogen-bond donors (Lipinski definition) is 1. The zero-order valence-corrected chi connectivity index (χ0v) is 21.7. The smallest absolute Gasteiger partial charge is 0.0462 e. The van der Waals surface area contributed by atoms with Crippen LogP contribution in [0.4, 0.5) is 0 Å². The molecule has 0 aliphatic heterocycles. The van der Waals surface area contributed by atoms with E-state index in [1.165, 1.54) is 55.2 Å². The summed E-state index contributed by atoms with van der Waals surface area (Å²) in [6.45, 7) is 29.2. The Labute approximate surface area is 190 Å². The molecule has 1 aromatic carbocycles. The molecular formula is C28H54O2. The lowest BCUT2D eigenvalue weighted by atomic mass is 9.99. The van der Waals surface area contributed by atoms with Crippen molar-refractivity contribution in [2.45, 2.75) is 80.1 Å². The van der Waals surface area contributed by atoms with E-state index in [9.17, 15) is 0 Å². The number of rotatable bonds is 8. The van der Waals surface area contributed by atoms with Crippen LogP contribution in [0.15, 0.2) is 57.2 Å². The summed E-state index contributed by atoms with van der Waals surface area (Å²) in [4.78, 5) is 0. The molecule has 0 aromatic heterocycles. The molecule has 0 saturated carbocycles. The molecule has 0 saturated heterocycles. The van der Waals surface area contributed by atoms with Crippen LogP contribution in [0.1, 0.15) is 76.0 Å². The predicted molar refractivity (Wildman–Crippen MR) is 142 cm³/mol. The highest BCUT2D eigenvalue weighted by Gasteiger charge is 1.99. The Balaban J connectivity index is -0.000000102. The van der Waals surface area contributed by atoms with Gasteiger partial charge in [0.25, 0.3) is 0 Å². The minimum Gasteiger partial charge on any atom is -0.400 e. The number of aliphatic hydroxyl groups excluding tert-OH is 1. The zero-order valence-electron chi connectivity index (χ0n) is 21.7. The van der Waals surface area contributed by atoms with Crippen molar-refractivity contribution < 1.29 is 9.84 Å². The van der Waals surface area contributed by atoms with E-state index < -0.39 is 0 Å². The van der Waals surface area contributed by atoms with Crippen molar-refractivity contribution in [3.8, 4) is 0 Å². The molecule has 1 aromatic rings. The van der Waals surface area contributed by atoms with Crippen molar-refractivity contribution in [3.63, 3.8) is 0 Å². The summed E-state index contributed by atoms with van der Waals surface area (Å²) >= 11 is 0. The molecule has 0 fully saturated rings. The van der Waals surface area contributed by atoms with E-state index in [2.05, 4.69) is 85.7 Å². The number of hydrogen-bond acceptors (Lipinski definition) is 2. The molecular weight excluding hydrogens is 368 g/mol. The zero-order chi connectivity index (χ0) is 24.8. The van der Waals surface area contributed by atoms with Crippen LogP contribution in [0.2, 0.25) is 0 Å². The summed E-state index contributed by atoms with van der Waals surface area (Å²) in [5.74, 6) is 0.928. The molecule has 0 aliphatic rings. The molecule has 0 heterocycles. The quantitative estimate of drug-likeness (QED) is 0.335. The standard InChI is InChI=1S/C11H24O.C9H12.C3H6.2C2H4.CH4O/c1-4-8-11(2)9-6-5-7-10-12-3;1-7-4-8(2)6-9(3)5-7;1-3-2;3*1-2/h11H,4-10H2,1-3H3;4-6H,1-3H3;3H,1H2,2H3;2*1-2H2;2H,1H3. The van der Waals surface area contributed by atoms with Crippen molar-refractivity contribution in [1.29, 1.82) is 0 Å². The van der Waals surface area contributed by atoms with Crippen molar-refractivity contribution in [2.75, 3.05) is 20.8 Å². The first-order chi connectivity index (χ1) is 14.4. The Morgan fingerprint density at radius 2 is 1.23 bits per heavy atom. The van der Waals surface area contributed by atoms with Gasteiger partial charge in [-0.05, 0) is 40.0 Å². The fourth-order valence-corrected chi connectivity index (χ4v) is 2.76. The number of aryl methyl sites for hydroxylation is 3. The monoisotopic (exact) mass is 422 g/mol. The van der Waals surface area contributed by atoms with Gasteiger partial charge in [0.05, 0.1) is 0 Å². The van der Waals surface area contributed by atoms with E-state index in [1.807, 2.05) is 6.92 Å². The van der Waals surface area contributed by atoms with Crippen LogP contribution >= 0.6 is 0 Å². The Morgan fingerprint density at radius 1 is 0.867 bits per heavy atom. The van der Waals surface area contributed by atoms with Gasteiger partial charge in [0.2, 0.25) is 0 Å². The van der Waals surface area contributed by atoms with Gasteiger partial charge in [-0.1, -0.05) is 86.9 Å². The first-order valence-electron chi connectivity index (χ1n) is 11.0. The minimum absolute atomic E-state index is 0.928. The van der Waals surface area contributed by atoms with Crippen LogP contribution in [0.5, 0.6) is 0 Å². The molecule has 1 N–H and O–H groups in total. The van der Waals surface area contributed by atoms with Crippen molar-refractivity contribution in [1.82, 2.24) is 0 Å². The van der Waals surface area contributed by atoms with Gasteiger partial charge in [-0.25, -0.2) is 0 Å². The summed E-state index contributed by atoms with van der Waals surface area (Å²) in [7, 11) is 2.78. The minimum atomic E-state index is 0.928.